The Morgan fingerprint density at radius 3 is 2.85 bits per heavy atom. The van der Waals surface area contributed by atoms with Crippen LogP contribution in [0.25, 0.3) is 10.9 Å². The molecular formula is C19H28N4O3. The first-order valence-electron chi connectivity index (χ1n) is 9.36. The Morgan fingerprint density at radius 1 is 1.27 bits per heavy atom. The van der Waals surface area contributed by atoms with E-state index in [0.29, 0.717) is 35.8 Å². The maximum atomic E-state index is 11.0. The lowest BCUT2D eigenvalue weighted by atomic mass is 10.0. The summed E-state index contributed by atoms with van der Waals surface area (Å²) in [7, 11) is 0. The molecule has 1 aromatic carbocycles. The maximum absolute atomic E-state index is 11.0. The second-order valence-electron chi connectivity index (χ2n) is 6.45. The highest BCUT2D eigenvalue weighted by Gasteiger charge is 2.10. The van der Waals surface area contributed by atoms with Crippen LogP contribution in [0.4, 0.5) is 11.5 Å². The lowest BCUT2D eigenvalue weighted by molar-refractivity contribution is -0.384. The van der Waals surface area contributed by atoms with Gasteiger partial charge in [0.2, 0.25) is 0 Å². The molecule has 7 heteroatoms. The van der Waals surface area contributed by atoms with Gasteiger partial charge in [-0.1, -0.05) is 33.1 Å². The van der Waals surface area contributed by atoms with Crippen molar-refractivity contribution in [3.63, 3.8) is 0 Å². The van der Waals surface area contributed by atoms with Gasteiger partial charge in [0.1, 0.15) is 12.1 Å². The number of nitrogens with zero attached hydrogens (tertiary/aromatic N) is 3. The van der Waals surface area contributed by atoms with Crippen LogP contribution in [0.3, 0.4) is 0 Å². The van der Waals surface area contributed by atoms with E-state index in [9.17, 15) is 10.1 Å². The highest BCUT2D eigenvalue weighted by Crippen LogP contribution is 2.24. The van der Waals surface area contributed by atoms with Crippen LogP contribution in [0.2, 0.25) is 0 Å². The van der Waals surface area contributed by atoms with Crippen LogP contribution in [0.5, 0.6) is 0 Å². The summed E-state index contributed by atoms with van der Waals surface area (Å²) >= 11 is 0. The van der Waals surface area contributed by atoms with E-state index in [1.165, 1.54) is 37.7 Å². The Kier molecular flexibility index (Phi) is 8.21. The molecule has 26 heavy (non-hydrogen) atoms. The molecule has 0 aliphatic heterocycles. The minimum atomic E-state index is -0.410. The molecule has 0 radical (unpaired) electrons. The molecule has 1 heterocycles. The van der Waals surface area contributed by atoms with Crippen molar-refractivity contribution in [3.8, 4) is 0 Å². The minimum absolute atomic E-state index is 0.0383. The van der Waals surface area contributed by atoms with Gasteiger partial charge in [-0.15, -0.1) is 0 Å². The van der Waals surface area contributed by atoms with E-state index < -0.39 is 4.92 Å². The fourth-order valence-corrected chi connectivity index (χ4v) is 2.83. The van der Waals surface area contributed by atoms with Crippen LogP contribution in [0.1, 0.15) is 46.0 Å². The SMILES string of the molecule is CCCCC(CC)COCCCNc1ncnc2ccc([N+](=O)[O-])cc12. The third-order valence-corrected chi connectivity index (χ3v) is 4.48. The minimum Gasteiger partial charge on any atom is -0.381 e. The molecule has 0 saturated carbocycles. The Labute approximate surface area is 154 Å². The Balaban J connectivity index is 1.81. The first-order chi connectivity index (χ1) is 12.7. The van der Waals surface area contributed by atoms with Crippen molar-refractivity contribution in [2.24, 2.45) is 5.92 Å². The van der Waals surface area contributed by atoms with Crippen molar-refractivity contribution in [2.75, 3.05) is 25.1 Å². The molecule has 1 N–H and O–H groups in total. The molecule has 1 atom stereocenters. The molecule has 1 aromatic heterocycles. The topological polar surface area (TPSA) is 90.2 Å². The number of nitrogens with one attached hydrogen (secondary N) is 1. The quantitative estimate of drug-likeness (QED) is 0.339. The molecule has 142 valence electrons. The molecule has 0 aliphatic rings. The molecular weight excluding hydrogens is 332 g/mol. The van der Waals surface area contributed by atoms with E-state index in [4.69, 9.17) is 4.74 Å². The lowest BCUT2D eigenvalue weighted by Gasteiger charge is -2.14. The number of anilines is 1. The van der Waals surface area contributed by atoms with Crippen LogP contribution in [0, 0.1) is 16.0 Å². The number of benzene rings is 1. The number of unbranched alkanes of at least 4 members (excludes halogenated alkanes) is 1. The first kappa shape index (κ1) is 20.0. The molecule has 0 aliphatic carbocycles. The number of rotatable bonds is 12. The largest absolute Gasteiger partial charge is 0.381 e. The standard InChI is InChI=1S/C19H28N4O3/c1-3-5-7-15(4-2)13-26-11-6-10-20-19-17-12-16(23(24)25)8-9-18(17)21-14-22-19/h8-9,12,14-15H,3-7,10-11,13H2,1-2H3,(H,20,21,22). The smallest absolute Gasteiger partial charge is 0.270 e. The fourth-order valence-electron chi connectivity index (χ4n) is 2.83. The number of hydrogen-bond donors (Lipinski definition) is 1. The van der Waals surface area contributed by atoms with Gasteiger partial charge < -0.3 is 10.1 Å². The number of hydrogen-bond acceptors (Lipinski definition) is 6. The second-order valence-corrected chi connectivity index (χ2v) is 6.45. The predicted octanol–water partition coefficient (Wildman–Crippen LogP) is 4.57. The van der Waals surface area contributed by atoms with E-state index in [-0.39, 0.29) is 5.69 Å². The molecule has 2 aromatic rings. The van der Waals surface area contributed by atoms with Crippen molar-refractivity contribution < 1.29 is 9.66 Å². The Morgan fingerprint density at radius 2 is 2.12 bits per heavy atom. The summed E-state index contributed by atoms with van der Waals surface area (Å²) in [6.45, 7) is 6.63. The number of ether oxygens (including phenoxy) is 1. The van der Waals surface area contributed by atoms with Crippen LogP contribution >= 0.6 is 0 Å². The molecule has 0 saturated heterocycles. The summed E-state index contributed by atoms with van der Waals surface area (Å²) in [6.07, 6.45) is 7.19. The van der Waals surface area contributed by atoms with E-state index in [2.05, 4.69) is 29.1 Å². The average Bonchev–Trinajstić information content (AvgIpc) is 2.66. The van der Waals surface area contributed by atoms with Crippen LogP contribution in [-0.4, -0.2) is 34.6 Å². The zero-order valence-corrected chi connectivity index (χ0v) is 15.6. The van der Waals surface area contributed by atoms with Crippen molar-refractivity contribution in [2.45, 2.75) is 46.0 Å². The second kappa shape index (κ2) is 10.7. The maximum Gasteiger partial charge on any atom is 0.270 e. The van der Waals surface area contributed by atoms with Gasteiger partial charge in [-0.05, 0) is 24.8 Å². The van der Waals surface area contributed by atoms with E-state index in [1.54, 1.807) is 6.07 Å². The number of aromatic nitrogens is 2. The molecule has 7 nitrogen and oxygen atoms in total. The summed E-state index contributed by atoms with van der Waals surface area (Å²) in [6, 6.07) is 4.61. The van der Waals surface area contributed by atoms with E-state index >= 15 is 0 Å². The average molecular weight is 360 g/mol. The molecule has 2 rings (SSSR count). The van der Waals surface area contributed by atoms with Crippen LogP contribution < -0.4 is 5.32 Å². The third-order valence-electron chi connectivity index (χ3n) is 4.48. The monoisotopic (exact) mass is 360 g/mol. The van der Waals surface area contributed by atoms with E-state index in [0.717, 1.165) is 19.4 Å². The summed E-state index contributed by atoms with van der Waals surface area (Å²) in [4.78, 5) is 18.9. The summed E-state index contributed by atoms with van der Waals surface area (Å²) in [5.41, 5.74) is 0.724. The normalized spacial score (nSPS) is 12.2. The molecule has 0 fully saturated rings. The number of non-ortho nitro benzene ring substituents is 1. The van der Waals surface area contributed by atoms with Gasteiger partial charge in [0.05, 0.1) is 10.4 Å². The van der Waals surface area contributed by atoms with Gasteiger partial charge in [0.15, 0.2) is 0 Å². The predicted molar refractivity (Wildman–Crippen MR) is 103 cm³/mol. The number of nitro benzene ring substituents is 1. The molecule has 0 amide bonds. The first-order valence-corrected chi connectivity index (χ1v) is 9.36. The van der Waals surface area contributed by atoms with Gasteiger partial charge >= 0.3 is 0 Å². The summed E-state index contributed by atoms with van der Waals surface area (Å²) < 4.78 is 5.80. The number of nitro groups is 1. The van der Waals surface area contributed by atoms with Gasteiger partial charge in [0.25, 0.3) is 5.69 Å². The van der Waals surface area contributed by atoms with Crippen molar-refractivity contribution in [3.05, 3.63) is 34.6 Å². The highest BCUT2D eigenvalue weighted by atomic mass is 16.6. The highest BCUT2D eigenvalue weighted by molar-refractivity contribution is 5.90. The third kappa shape index (κ3) is 5.91. The van der Waals surface area contributed by atoms with Gasteiger partial charge in [-0.25, -0.2) is 9.97 Å². The van der Waals surface area contributed by atoms with Gasteiger partial charge in [-0.3, -0.25) is 10.1 Å². The summed E-state index contributed by atoms with van der Waals surface area (Å²) in [5, 5.41) is 14.9. The van der Waals surface area contributed by atoms with Crippen LogP contribution in [-0.2, 0) is 4.74 Å². The van der Waals surface area contributed by atoms with Crippen molar-refractivity contribution in [1.29, 1.82) is 0 Å². The van der Waals surface area contributed by atoms with Gasteiger partial charge in [-0.2, -0.15) is 0 Å². The van der Waals surface area contributed by atoms with Crippen molar-refractivity contribution in [1.82, 2.24) is 9.97 Å². The Bertz CT molecular complexity index is 708. The zero-order valence-electron chi connectivity index (χ0n) is 15.6. The Hall–Kier alpha value is -2.28. The summed E-state index contributed by atoms with van der Waals surface area (Å²) in [5.74, 6) is 1.27. The molecule has 1 unspecified atom stereocenters. The number of fused-ring (bicyclic) bond motifs is 1. The lowest BCUT2D eigenvalue weighted by Crippen LogP contribution is -2.12. The fraction of sp³-hybridized carbons (Fsp3) is 0.579. The molecule has 0 bridgehead atoms. The van der Waals surface area contributed by atoms with Crippen molar-refractivity contribution >= 4 is 22.4 Å². The zero-order chi connectivity index (χ0) is 18.8. The van der Waals surface area contributed by atoms with Crippen LogP contribution in [0.15, 0.2) is 24.5 Å². The van der Waals surface area contributed by atoms with Gasteiger partial charge in [0, 0.05) is 37.3 Å². The molecule has 0 spiro atoms. The van der Waals surface area contributed by atoms with E-state index in [1.807, 2.05) is 0 Å².